The highest BCUT2D eigenvalue weighted by atomic mass is 32.2. The number of amides is 1. The van der Waals surface area contributed by atoms with Gasteiger partial charge in [0.15, 0.2) is 0 Å². The summed E-state index contributed by atoms with van der Waals surface area (Å²) in [5, 5.41) is 7.51. The molecular formula is C23H24F3N5O2S. The number of alkyl halides is 3. The summed E-state index contributed by atoms with van der Waals surface area (Å²) in [6.07, 6.45) is -4.54. The SMILES string of the molecule is O=C1NSNCCNCCNC2COc3cccc(C(F)(F)F)c3-c3cc4ccc1cc4n3C2. The van der Waals surface area contributed by atoms with E-state index in [0.29, 0.717) is 43.0 Å². The van der Waals surface area contributed by atoms with Crippen LogP contribution in [0.2, 0.25) is 0 Å². The van der Waals surface area contributed by atoms with E-state index in [1.165, 1.54) is 6.07 Å². The zero-order valence-electron chi connectivity index (χ0n) is 18.2. The van der Waals surface area contributed by atoms with E-state index in [0.717, 1.165) is 30.1 Å². The van der Waals surface area contributed by atoms with E-state index in [9.17, 15) is 18.0 Å². The van der Waals surface area contributed by atoms with E-state index in [1.807, 2.05) is 4.57 Å². The molecule has 7 nitrogen and oxygen atoms in total. The van der Waals surface area contributed by atoms with Gasteiger partial charge in [-0.15, -0.1) is 0 Å². The highest BCUT2D eigenvalue weighted by molar-refractivity contribution is 7.96. The molecule has 1 unspecified atom stereocenters. The van der Waals surface area contributed by atoms with Crippen molar-refractivity contribution in [1.29, 1.82) is 0 Å². The van der Waals surface area contributed by atoms with Gasteiger partial charge in [0.2, 0.25) is 0 Å². The first-order valence-electron chi connectivity index (χ1n) is 11.0. The standard InChI is InChI=1S/C23H24F3N5O2S/c24-23(25,26)17-2-1-3-20-21(17)19-10-14-4-5-15-11-18(14)31(19)12-16(13-33-20)28-8-6-27-7-9-29-34-30-22(15)32/h1-5,10-11,16,27-29H,6-9,12-13H2,(H,30,32). The van der Waals surface area contributed by atoms with Crippen LogP contribution < -0.4 is 24.8 Å². The normalized spacial score (nSPS) is 19.9. The van der Waals surface area contributed by atoms with E-state index in [2.05, 4.69) is 20.1 Å². The fraction of sp³-hybridized carbons (Fsp3) is 0.348. The number of fused-ring (bicyclic) bond motifs is 4. The molecule has 34 heavy (non-hydrogen) atoms. The molecule has 5 rings (SSSR count). The molecule has 0 fully saturated rings. The fourth-order valence-electron chi connectivity index (χ4n) is 4.36. The maximum atomic E-state index is 14.0. The summed E-state index contributed by atoms with van der Waals surface area (Å²) in [5.41, 5.74) is 0.818. The summed E-state index contributed by atoms with van der Waals surface area (Å²) in [5.74, 6) is -0.0893. The van der Waals surface area contributed by atoms with E-state index in [-0.39, 0.29) is 29.9 Å². The third kappa shape index (κ3) is 4.61. The van der Waals surface area contributed by atoms with Gasteiger partial charge in [0.25, 0.3) is 5.91 Å². The third-order valence-corrected chi connectivity index (χ3v) is 6.59. The summed E-state index contributed by atoms with van der Waals surface area (Å²) in [7, 11) is 0. The number of ether oxygens (including phenoxy) is 1. The number of nitrogens with zero attached hydrogens (tertiary/aromatic N) is 1. The molecule has 0 aliphatic carbocycles. The number of carbonyl (C=O) groups is 1. The van der Waals surface area contributed by atoms with Crippen LogP contribution in [0.25, 0.3) is 22.2 Å². The molecular weight excluding hydrogens is 467 g/mol. The monoisotopic (exact) mass is 491 g/mol. The summed E-state index contributed by atoms with van der Waals surface area (Å²) in [4.78, 5) is 12.7. The minimum Gasteiger partial charge on any atom is -0.491 e. The van der Waals surface area contributed by atoms with Crippen molar-refractivity contribution in [1.82, 2.24) is 24.6 Å². The second-order valence-electron chi connectivity index (χ2n) is 8.23. The van der Waals surface area contributed by atoms with Crippen molar-refractivity contribution < 1.29 is 22.7 Å². The molecule has 2 aliphatic heterocycles. The van der Waals surface area contributed by atoms with Gasteiger partial charge in [-0.1, -0.05) is 12.1 Å². The van der Waals surface area contributed by atoms with Crippen molar-refractivity contribution >= 4 is 28.9 Å². The lowest BCUT2D eigenvalue weighted by Gasteiger charge is -2.27. The van der Waals surface area contributed by atoms with Crippen LogP contribution in [-0.2, 0) is 12.7 Å². The second-order valence-corrected chi connectivity index (χ2v) is 8.93. The number of hydrogen-bond donors (Lipinski definition) is 4. The molecule has 1 aromatic heterocycles. The Morgan fingerprint density at radius 2 is 1.91 bits per heavy atom. The van der Waals surface area contributed by atoms with Crippen LogP contribution in [0.15, 0.2) is 42.5 Å². The van der Waals surface area contributed by atoms with Crippen molar-refractivity contribution in [2.24, 2.45) is 0 Å². The highest BCUT2D eigenvalue weighted by Gasteiger charge is 2.37. The number of halogens is 3. The van der Waals surface area contributed by atoms with Crippen molar-refractivity contribution in [2.75, 3.05) is 32.8 Å². The molecule has 2 aliphatic rings. The smallest absolute Gasteiger partial charge is 0.417 e. The Kier molecular flexibility index (Phi) is 6.43. The van der Waals surface area contributed by atoms with Crippen molar-refractivity contribution in [3.8, 4) is 17.0 Å². The molecule has 3 aromatic rings. The zero-order chi connectivity index (χ0) is 23.7. The molecule has 1 atom stereocenters. The van der Waals surface area contributed by atoms with E-state index < -0.39 is 11.7 Å². The van der Waals surface area contributed by atoms with Gasteiger partial charge < -0.3 is 19.9 Å². The summed E-state index contributed by atoms with van der Waals surface area (Å²) < 4.78 is 55.6. The summed E-state index contributed by atoms with van der Waals surface area (Å²) in [6.45, 7) is 3.39. The predicted molar refractivity (Wildman–Crippen MR) is 126 cm³/mol. The van der Waals surface area contributed by atoms with E-state index in [4.69, 9.17) is 4.74 Å². The fourth-order valence-corrected chi connectivity index (χ4v) is 4.85. The number of nitrogens with one attached hydrogen (secondary N) is 4. The molecule has 0 saturated carbocycles. The van der Waals surface area contributed by atoms with Gasteiger partial charge in [-0.25, -0.2) is 4.72 Å². The summed E-state index contributed by atoms with van der Waals surface area (Å²) in [6, 6.07) is 10.8. The van der Waals surface area contributed by atoms with E-state index >= 15 is 0 Å². The predicted octanol–water partition coefficient (Wildman–Crippen LogP) is 3.16. The molecule has 180 valence electrons. The highest BCUT2D eigenvalue weighted by Crippen LogP contribution is 2.44. The maximum absolute atomic E-state index is 14.0. The van der Waals surface area contributed by atoms with Gasteiger partial charge in [0.05, 0.1) is 22.9 Å². The van der Waals surface area contributed by atoms with Crippen LogP contribution >= 0.6 is 12.1 Å². The van der Waals surface area contributed by atoms with Crippen molar-refractivity contribution in [3.63, 3.8) is 0 Å². The zero-order valence-corrected chi connectivity index (χ0v) is 19.0. The minimum absolute atomic E-state index is 0.0199. The Bertz CT molecular complexity index is 1210. The average Bonchev–Trinajstić information content (AvgIpc) is 3.14. The Morgan fingerprint density at radius 3 is 2.76 bits per heavy atom. The van der Waals surface area contributed by atoms with Crippen LogP contribution in [0.3, 0.4) is 0 Å². The Labute approximate surface area is 198 Å². The molecule has 0 saturated heterocycles. The lowest BCUT2D eigenvalue weighted by molar-refractivity contribution is -0.137. The number of benzene rings is 2. The van der Waals surface area contributed by atoms with Gasteiger partial charge in [-0.2, -0.15) is 13.2 Å². The number of rotatable bonds is 0. The molecule has 3 heterocycles. The Balaban J connectivity index is 1.68. The lowest BCUT2D eigenvalue weighted by Crippen LogP contribution is -2.43. The van der Waals surface area contributed by atoms with Gasteiger partial charge in [-0.3, -0.25) is 9.52 Å². The van der Waals surface area contributed by atoms with Crippen LogP contribution in [-0.4, -0.2) is 49.3 Å². The van der Waals surface area contributed by atoms with Crippen LogP contribution in [0.4, 0.5) is 13.2 Å². The molecule has 1 amide bonds. The third-order valence-electron chi connectivity index (χ3n) is 5.95. The first kappa shape index (κ1) is 23.0. The first-order valence-corrected chi connectivity index (χ1v) is 11.8. The van der Waals surface area contributed by atoms with Crippen LogP contribution in [0, 0.1) is 0 Å². The van der Waals surface area contributed by atoms with Gasteiger partial charge in [-0.05, 0) is 30.3 Å². The molecule has 4 N–H and O–H groups in total. The largest absolute Gasteiger partial charge is 0.491 e. The maximum Gasteiger partial charge on any atom is 0.417 e. The van der Waals surface area contributed by atoms with Gasteiger partial charge in [0.1, 0.15) is 12.4 Å². The van der Waals surface area contributed by atoms with Crippen LogP contribution in [0.1, 0.15) is 15.9 Å². The molecule has 4 bridgehead atoms. The molecule has 0 spiro atoms. The number of hydrogen-bond acceptors (Lipinski definition) is 6. The lowest BCUT2D eigenvalue weighted by atomic mass is 10.0. The Morgan fingerprint density at radius 1 is 1.06 bits per heavy atom. The number of carbonyl (C=O) groups excluding carboxylic acids is 1. The molecule has 0 radical (unpaired) electrons. The van der Waals surface area contributed by atoms with Gasteiger partial charge >= 0.3 is 6.18 Å². The second kappa shape index (κ2) is 9.49. The Hall–Kier alpha value is -2.73. The number of aromatic nitrogens is 1. The molecule has 2 aromatic carbocycles. The average molecular weight is 492 g/mol. The topological polar surface area (TPSA) is 79.3 Å². The van der Waals surface area contributed by atoms with E-state index in [1.54, 1.807) is 30.3 Å². The van der Waals surface area contributed by atoms with Gasteiger partial charge in [0, 0.05) is 61.3 Å². The minimum atomic E-state index is -4.54. The quantitative estimate of drug-likeness (QED) is 0.362. The van der Waals surface area contributed by atoms with Crippen LogP contribution in [0.5, 0.6) is 5.75 Å². The van der Waals surface area contributed by atoms with Crippen molar-refractivity contribution in [2.45, 2.75) is 18.8 Å². The first-order chi connectivity index (χ1) is 16.4. The van der Waals surface area contributed by atoms with Crippen molar-refractivity contribution in [3.05, 3.63) is 53.6 Å². The summed E-state index contributed by atoms with van der Waals surface area (Å²) >= 11 is 1.11. The molecule has 11 heteroatoms.